The first-order valence-corrected chi connectivity index (χ1v) is 4.08. The molecule has 0 aliphatic heterocycles. The maximum Gasteiger partial charge on any atom is 0.323 e. The molecule has 0 atom stereocenters. The maximum absolute atomic E-state index is 11.2. The summed E-state index contributed by atoms with van der Waals surface area (Å²) in [5, 5.41) is 8.61. The summed E-state index contributed by atoms with van der Waals surface area (Å²) in [4.78, 5) is 23.2. The molecule has 0 aliphatic carbocycles. The number of aliphatic hydroxyl groups is 1. The molecule has 0 saturated carbocycles. The predicted octanol–water partition coefficient (Wildman–Crippen LogP) is -1.79. The van der Waals surface area contributed by atoms with Crippen LogP contribution in [0.25, 0.3) is 0 Å². The second-order valence-corrected chi connectivity index (χ2v) is 2.49. The second kappa shape index (κ2) is 6.38. The van der Waals surface area contributed by atoms with Gasteiger partial charge in [-0.15, -0.1) is 0 Å². The van der Waals surface area contributed by atoms with E-state index in [1.54, 1.807) is 5.43 Å². The third-order valence-corrected chi connectivity index (χ3v) is 1.48. The van der Waals surface area contributed by atoms with Crippen LogP contribution in [-0.2, 0) is 9.59 Å². The average molecular weight is 189 g/mol. The molecular formula is C7H15N3O3. The molecule has 0 unspecified atom stereocenters. The highest BCUT2D eigenvalue weighted by atomic mass is 16.3. The van der Waals surface area contributed by atoms with Crippen molar-refractivity contribution in [2.75, 3.05) is 19.7 Å². The minimum absolute atomic E-state index is 0.153. The zero-order valence-electron chi connectivity index (χ0n) is 7.62. The quantitative estimate of drug-likeness (QED) is 0.210. The standard InChI is InChI=1S/C7H15N3O3/c1-2-3-10(4-5-11)7(13)6(12)9-8/h11H,2-5,8H2,1H3,(H,9,12). The first kappa shape index (κ1) is 11.9. The molecular weight excluding hydrogens is 174 g/mol. The SMILES string of the molecule is CCCN(CCO)C(=O)C(=O)NN. The fourth-order valence-corrected chi connectivity index (χ4v) is 0.911. The molecule has 0 rings (SSSR count). The van der Waals surface area contributed by atoms with Crippen molar-refractivity contribution < 1.29 is 14.7 Å². The van der Waals surface area contributed by atoms with E-state index in [-0.39, 0.29) is 13.2 Å². The number of hydrazine groups is 1. The van der Waals surface area contributed by atoms with E-state index in [9.17, 15) is 9.59 Å². The van der Waals surface area contributed by atoms with Gasteiger partial charge < -0.3 is 10.0 Å². The lowest BCUT2D eigenvalue weighted by Gasteiger charge is -2.19. The summed E-state index contributed by atoms with van der Waals surface area (Å²) in [7, 11) is 0. The van der Waals surface area contributed by atoms with E-state index in [2.05, 4.69) is 0 Å². The Morgan fingerprint density at radius 2 is 2.08 bits per heavy atom. The highest BCUT2D eigenvalue weighted by Gasteiger charge is 2.19. The molecule has 2 amide bonds. The largest absolute Gasteiger partial charge is 0.395 e. The van der Waals surface area contributed by atoms with E-state index in [0.29, 0.717) is 6.54 Å². The van der Waals surface area contributed by atoms with Crippen LogP contribution in [0.15, 0.2) is 0 Å². The van der Waals surface area contributed by atoms with Crippen LogP contribution in [-0.4, -0.2) is 41.5 Å². The summed E-state index contributed by atoms with van der Waals surface area (Å²) in [5.74, 6) is 3.22. The Bertz CT molecular complexity index is 178. The Labute approximate surface area is 76.7 Å². The number of nitrogens with two attached hydrogens (primary N) is 1. The first-order chi connectivity index (χ1) is 6.17. The minimum Gasteiger partial charge on any atom is -0.395 e. The number of carbonyl (C=O) groups is 2. The summed E-state index contributed by atoms with van der Waals surface area (Å²) in [6.07, 6.45) is 0.726. The maximum atomic E-state index is 11.2. The molecule has 4 N–H and O–H groups in total. The molecule has 0 bridgehead atoms. The number of carbonyl (C=O) groups excluding carboxylic acids is 2. The third-order valence-electron chi connectivity index (χ3n) is 1.48. The Hall–Kier alpha value is -1.14. The Balaban J connectivity index is 4.18. The highest BCUT2D eigenvalue weighted by Crippen LogP contribution is 1.92. The lowest BCUT2D eigenvalue weighted by atomic mass is 10.3. The molecule has 0 spiro atoms. The number of hydrogen-bond donors (Lipinski definition) is 3. The van der Waals surface area contributed by atoms with Gasteiger partial charge in [-0.3, -0.25) is 15.0 Å². The van der Waals surface area contributed by atoms with Gasteiger partial charge in [-0.2, -0.15) is 0 Å². The van der Waals surface area contributed by atoms with Gasteiger partial charge in [-0.25, -0.2) is 5.84 Å². The number of hydrogen-bond acceptors (Lipinski definition) is 4. The van der Waals surface area contributed by atoms with Gasteiger partial charge in [-0.05, 0) is 6.42 Å². The van der Waals surface area contributed by atoms with Crippen LogP contribution in [0, 0.1) is 0 Å². The number of rotatable bonds is 4. The molecule has 0 aliphatic rings. The van der Waals surface area contributed by atoms with E-state index in [4.69, 9.17) is 10.9 Å². The van der Waals surface area contributed by atoms with Crippen molar-refractivity contribution in [1.29, 1.82) is 0 Å². The van der Waals surface area contributed by atoms with Crippen molar-refractivity contribution in [3.63, 3.8) is 0 Å². The van der Waals surface area contributed by atoms with E-state index < -0.39 is 11.8 Å². The van der Waals surface area contributed by atoms with Gasteiger partial charge in [0.15, 0.2) is 0 Å². The third kappa shape index (κ3) is 3.86. The van der Waals surface area contributed by atoms with Crippen LogP contribution >= 0.6 is 0 Å². The highest BCUT2D eigenvalue weighted by molar-refractivity contribution is 6.34. The van der Waals surface area contributed by atoms with Gasteiger partial charge in [0.1, 0.15) is 0 Å². The summed E-state index contributed by atoms with van der Waals surface area (Å²) in [5.41, 5.74) is 1.75. The molecule has 76 valence electrons. The van der Waals surface area contributed by atoms with Gasteiger partial charge in [0.05, 0.1) is 6.61 Å². The molecule has 0 aromatic heterocycles. The van der Waals surface area contributed by atoms with Crippen molar-refractivity contribution in [3.8, 4) is 0 Å². The van der Waals surface area contributed by atoms with Crippen LogP contribution in [0.3, 0.4) is 0 Å². The number of aliphatic hydroxyl groups excluding tert-OH is 1. The van der Waals surface area contributed by atoms with Crippen LogP contribution in [0.1, 0.15) is 13.3 Å². The van der Waals surface area contributed by atoms with Gasteiger partial charge in [0.2, 0.25) is 0 Å². The predicted molar refractivity (Wildman–Crippen MR) is 46.3 cm³/mol. The summed E-state index contributed by atoms with van der Waals surface area (Å²) < 4.78 is 0. The molecule has 0 radical (unpaired) electrons. The first-order valence-electron chi connectivity index (χ1n) is 4.08. The smallest absolute Gasteiger partial charge is 0.323 e. The van der Waals surface area contributed by atoms with E-state index >= 15 is 0 Å². The summed E-state index contributed by atoms with van der Waals surface area (Å²) >= 11 is 0. The summed E-state index contributed by atoms with van der Waals surface area (Å²) in [6, 6.07) is 0. The molecule has 0 heterocycles. The van der Waals surface area contributed by atoms with Crippen molar-refractivity contribution >= 4 is 11.8 Å². The normalized spacial score (nSPS) is 9.46. The minimum atomic E-state index is -0.859. The molecule has 6 heteroatoms. The zero-order chi connectivity index (χ0) is 10.3. The van der Waals surface area contributed by atoms with Gasteiger partial charge in [0.25, 0.3) is 0 Å². The van der Waals surface area contributed by atoms with Crippen LogP contribution < -0.4 is 11.3 Å². The second-order valence-electron chi connectivity index (χ2n) is 2.49. The summed E-state index contributed by atoms with van der Waals surface area (Å²) in [6.45, 7) is 2.30. The molecule has 0 fully saturated rings. The Morgan fingerprint density at radius 1 is 1.46 bits per heavy atom. The Morgan fingerprint density at radius 3 is 2.46 bits per heavy atom. The van der Waals surface area contributed by atoms with E-state index in [0.717, 1.165) is 6.42 Å². The molecule has 0 aromatic carbocycles. The Kier molecular flexibility index (Phi) is 5.82. The van der Waals surface area contributed by atoms with E-state index in [1.807, 2.05) is 6.92 Å². The topological polar surface area (TPSA) is 95.7 Å². The van der Waals surface area contributed by atoms with Gasteiger partial charge >= 0.3 is 11.8 Å². The van der Waals surface area contributed by atoms with Crippen molar-refractivity contribution in [2.45, 2.75) is 13.3 Å². The van der Waals surface area contributed by atoms with Crippen molar-refractivity contribution in [3.05, 3.63) is 0 Å². The fourth-order valence-electron chi connectivity index (χ4n) is 0.911. The monoisotopic (exact) mass is 189 g/mol. The van der Waals surface area contributed by atoms with Gasteiger partial charge in [-0.1, -0.05) is 6.92 Å². The molecule has 0 aromatic rings. The number of nitrogens with one attached hydrogen (secondary N) is 1. The number of amides is 2. The number of nitrogens with zero attached hydrogens (tertiary/aromatic N) is 1. The van der Waals surface area contributed by atoms with Crippen LogP contribution in [0.5, 0.6) is 0 Å². The fraction of sp³-hybridized carbons (Fsp3) is 0.714. The van der Waals surface area contributed by atoms with Crippen molar-refractivity contribution in [1.82, 2.24) is 10.3 Å². The zero-order valence-corrected chi connectivity index (χ0v) is 7.62. The lowest BCUT2D eigenvalue weighted by Crippen LogP contribution is -2.46. The van der Waals surface area contributed by atoms with E-state index in [1.165, 1.54) is 4.90 Å². The lowest BCUT2D eigenvalue weighted by molar-refractivity contribution is -0.146. The van der Waals surface area contributed by atoms with Crippen molar-refractivity contribution in [2.24, 2.45) is 5.84 Å². The molecule has 13 heavy (non-hydrogen) atoms. The molecule has 6 nitrogen and oxygen atoms in total. The van der Waals surface area contributed by atoms with Crippen LogP contribution in [0.4, 0.5) is 0 Å². The molecule has 0 saturated heterocycles. The average Bonchev–Trinajstić information content (AvgIpc) is 2.15. The van der Waals surface area contributed by atoms with Crippen LogP contribution in [0.2, 0.25) is 0 Å². The van der Waals surface area contributed by atoms with Gasteiger partial charge in [0, 0.05) is 13.1 Å².